The molecule has 2 aromatic rings. The maximum atomic E-state index is 13.4. The van der Waals surface area contributed by atoms with Gasteiger partial charge in [0.15, 0.2) is 17.9 Å². The molecule has 20 heavy (non-hydrogen) atoms. The van der Waals surface area contributed by atoms with Gasteiger partial charge in [0.1, 0.15) is 5.75 Å². The fraction of sp³-hybridized carbons (Fsp3) is 0.0625. The van der Waals surface area contributed by atoms with Crippen molar-refractivity contribution >= 4 is 18.4 Å². The monoisotopic (exact) mass is 272 g/mol. The van der Waals surface area contributed by atoms with Crippen molar-refractivity contribution < 1.29 is 19.0 Å². The van der Waals surface area contributed by atoms with Gasteiger partial charge in [-0.1, -0.05) is 24.3 Å². The van der Waals surface area contributed by atoms with Gasteiger partial charge in [-0.2, -0.15) is 0 Å². The molecule has 0 saturated carbocycles. The van der Waals surface area contributed by atoms with Gasteiger partial charge < -0.3 is 9.84 Å². The average molecular weight is 272 g/mol. The zero-order valence-electron chi connectivity index (χ0n) is 10.8. The van der Waals surface area contributed by atoms with Crippen LogP contribution in [0.1, 0.15) is 21.5 Å². The molecule has 0 aliphatic carbocycles. The van der Waals surface area contributed by atoms with Crippen molar-refractivity contribution in [2.24, 2.45) is 0 Å². The van der Waals surface area contributed by atoms with Crippen LogP contribution in [0.2, 0.25) is 0 Å². The summed E-state index contributed by atoms with van der Waals surface area (Å²) in [5.41, 5.74) is 1.34. The van der Waals surface area contributed by atoms with E-state index in [4.69, 9.17) is 4.74 Å². The molecule has 1 N–H and O–H groups in total. The van der Waals surface area contributed by atoms with Crippen LogP contribution in [0.5, 0.6) is 11.5 Å². The van der Waals surface area contributed by atoms with E-state index in [0.717, 1.165) is 11.3 Å². The summed E-state index contributed by atoms with van der Waals surface area (Å²) in [5, 5.41) is 9.32. The van der Waals surface area contributed by atoms with Gasteiger partial charge in [0, 0.05) is 0 Å². The first-order valence-corrected chi connectivity index (χ1v) is 5.94. The van der Waals surface area contributed by atoms with Gasteiger partial charge in [-0.3, -0.25) is 4.79 Å². The Bertz CT molecular complexity index is 646. The van der Waals surface area contributed by atoms with E-state index < -0.39 is 11.6 Å². The Kier molecular flexibility index (Phi) is 4.15. The largest absolute Gasteiger partial charge is 0.504 e. The van der Waals surface area contributed by atoms with Crippen molar-refractivity contribution in [1.82, 2.24) is 0 Å². The number of aromatic hydroxyl groups is 1. The normalized spacial score (nSPS) is 10.7. The Balaban J connectivity index is 2.26. The molecule has 0 bridgehead atoms. The van der Waals surface area contributed by atoms with E-state index in [2.05, 4.69) is 0 Å². The number of halogens is 1. The second-order valence-corrected chi connectivity index (χ2v) is 4.16. The molecule has 0 unspecified atom stereocenters. The first kappa shape index (κ1) is 13.8. The smallest absolute Gasteiger partial charge is 0.166 e. The molecule has 0 aliphatic heterocycles. The zero-order chi connectivity index (χ0) is 14.5. The molecule has 2 rings (SSSR count). The van der Waals surface area contributed by atoms with E-state index in [1.165, 1.54) is 12.1 Å². The van der Waals surface area contributed by atoms with Crippen molar-refractivity contribution in [3.8, 4) is 11.5 Å². The highest BCUT2D eigenvalue weighted by Crippen LogP contribution is 2.23. The van der Waals surface area contributed by atoms with E-state index in [-0.39, 0.29) is 5.56 Å². The predicted octanol–water partition coefficient (Wildman–Crippen LogP) is 3.52. The first-order valence-electron chi connectivity index (χ1n) is 5.94. The van der Waals surface area contributed by atoms with Crippen LogP contribution in [0.25, 0.3) is 12.2 Å². The maximum absolute atomic E-state index is 13.4. The Morgan fingerprint density at radius 1 is 1.10 bits per heavy atom. The van der Waals surface area contributed by atoms with Crippen molar-refractivity contribution in [2.45, 2.75) is 0 Å². The first-order chi connectivity index (χ1) is 9.63. The molecule has 0 aromatic heterocycles. The summed E-state index contributed by atoms with van der Waals surface area (Å²) in [4.78, 5) is 10.7. The Morgan fingerprint density at radius 3 is 2.35 bits per heavy atom. The third-order valence-corrected chi connectivity index (χ3v) is 2.83. The highest BCUT2D eigenvalue weighted by molar-refractivity contribution is 5.82. The van der Waals surface area contributed by atoms with Gasteiger partial charge in [-0.15, -0.1) is 0 Å². The van der Waals surface area contributed by atoms with Crippen LogP contribution in [-0.4, -0.2) is 18.5 Å². The van der Waals surface area contributed by atoms with Crippen LogP contribution in [0, 0.1) is 5.82 Å². The summed E-state index contributed by atoms with van der Waals surface area (Å²) in [6.45, 7) is 0. The van der Waals surface area contributed by atoms with Crippen molar-refractivity contribution in [3.05, 3.63) is 58.9 Å². The fourth-order valence-corrected chi connectivity index (χ4v) is 1.74. The van der Waals surface area contributed by atoms with E-state index in [9.17, 15) is 14.3 Å². The highest BCUT2D eigenvalue weighted by Gasteiger charge is 2.07. The molecule has 0 amide bonds. The summed E-state index contributed by atoms with van der Waals surface area (Å²) in [5.74, 6) is -0.688. The van der Waals surface area contributed by atoms with Crippen LogP contribution >= 0.6 is 0 Å². The van der Waals surface area contributed by atoms with E-state index in [1.807, 2.05) is 24.3 Å². The van der Waals surface area contributed by atoms with Crippen LogP contribution in [0.4, 0.5) is 4.39 Å². The quantitative estimate of drug-likeness (QED) is 0.684. The number of ether oxygens (including phenoxy) is 1. The summed E-state index contributed by atoms with van der Waals surface area (Å²) < 4.78 is 18.4. The summed E-state index contributed by atoms with van der Waals surface area (Å²) in [7, 11) is 1.59. The molecule has 0 spiro atoms. The van der Waals surface area contributed by atoms with Crippen LogP contribution < -0.4 is 4.74 Å². The number of benzene rings is 2. The SMILES string of the molecule is COc1ccc(C=Cc2cc(F)c(O)c(C=O)c2)cc1. The predicted molar refractivity (Wildman–Crippen MR) is 75.4 cm³/mol. The number of carbonyl (C=O) groups is 1. The number of phenols is 1. The van der Waals surface area contributed by atoms with Crippen molar-refractivity contribution in [1.29, 1.82) is 0 Å². The molecule has 102 valence electrons. The third kappa shape index (κ3) is 3.03. The number of aldehydes is 1. The molecule has 0 atom stereocenters. The maximum Gasteiger partial charge on any atom is 0.166 e. The fourth-order valence-electron chi connectivity index (χ4n) is 1.74. The molecule has 2 aromatic carbocycles. The summed E-state index contributed by atoms with van der Waals surface area (Å²) in [6.07, 6.45) is 3.86. The minimum Gasteiger partial charge on any atom is -0.504 e. The highest BCUT2D eigenvalue weighted by atomic mass is 19.1. The molecule has 4 heteroatoms. The average Bonchev–Trinajstić information content (AvgIpc) is 2.48. The van der Waals surface area contributed by atoms with E-state index in [1.54, 1.807) is 19.3 Å². The number of hydrogen-bond acceptors (Lipinski definition) is 3. The molecule has 0 aliphatic rings. The lowest BCUT2D eigenvalue weighted by atomic mass is 10.1. The molecule has 0 fully saturated rings. The number of carbonyl (C=O) groups excluding carboxylic acids is 1. The van der Waals surface area contributed by atoms with Gasteiger partial charge in [0.25, 0.3) is 0 Å². The van der Waals surface area contributed by atoms with Crippen molar-refractivity contribution in [2.75, 3.05) is 7.11 Å². The Morgan fingerprint density at radius 2 is 1.75 bits per heavy atom. The Labute approximate surface area is 115 Å². The van der Waals surface area contributed by atoms with Crippen LogP contribution in [0.15, 0.2) is 36.4 Å². The minimum atomic E-state index is -0.816. The second-order valence-electron chi connectivity index (χ2n) is 4.16. The van der Waals surface area contributed by atoms with Crippen LogP contribution in [-0.2, 0) is 0 Å². The summed E-state index contributed by atoms with van der Waals surface area (Å²) in [6, 6.07) is 9.93. The molecular weight excluding hydrogens is 259 g/mol. The molecule has 0 radical (unpaired) electrons. The van der Waals surface area contributed by atoms with Gasteiger partial charge in [-0.05, 0) is 35.4 Å². The number of phenolic OH excluding ortho intramolecular Hbond substituents is 1. The third-order valence-electron chi connectivity index (χ3n) is 2.83. The lowest BCUT2D eigenvalue weighted by Gasteiger charge is -2.02. The molecule has 0 saturated heterocycles. The molecular formula is C16H13FO3. The van der Waals surface area contributed by atoms with Crippen molar-refractivity contribution in [3.63, 3.8) is 0 Å². The number of hydrogen-bond donors (Lipinski definition) is 1. The second kappa shape index (κ2) is 6.02. The Hall–Kier alpha value is -2.62. The summed E-state index contributed by atoms with van der Waals surface area (Å²) >= 11 is 0. The van der Waals surface area contributed by atoms with E-state index >= 15 is 0 Å². The topological polar surface area (TPSA) is 46.5 Å². The lowest BCUT2D eigenvalue weighted by Crippen LogP contribution is -1.88. The van der Waals surface area contributed by atoms with Crippen LogP contribution in [0.3, 0.4) is 0 Å². The lowest BCUT2D eigenvalue weighted by molar-refractivity contribution is 0.112. The van der Waals surface area contributed by atoms with Gasteiger partial charge >= 0.3 is 0 Å². The van der Waals surface area contributed by atoms with Gasteiger partial charge in [0.2, 0.25) is 0 Å². The number of rotatable bonds is 4. The number of methoxy groups -OCH3 is 1. The van der Waals surface area contributed by atoms with Gasteiger partial charge in [-0.25, -0.2) is 4.39 Å². The zero-order valence-corrected chi connectivity index (χ0v) is 10.8. The molecule has 0 heterocycles. The minimum absolute atomic E-state index is 0.0700. The standard InChI is InChI=1S/C16H13FO3/c1-20-14-6-4-11(5-7-14)2-3-12-8-13(10-18)16(19)15(17)9-12/h2-10,19H,1H3. The van der Waals surface area contributed by atoms with E-state index in [0.29, 0.717) is 11.8 Å². The molecule has 3 nitrogen and oxygen atoms in total. The van der Waals surface area contributed by atoms with Gasteiger partial charge in [0.05, 0.1) is 12.7 Å².